The highest BCUT2D eigenvalue weighted by Crippen LogP contribution is 2.34. The van der Waals surface area contributed by atoms with Crippen molar-refractivity contribution in [3.63, 3.8) is 0 Å². The second-order valence-corrected chi connectivity index (χ2v) is 34.1. The fraction of sp³-hybridized carbons (Fsp3) is 0.505. The Morgan fingerprint density at radius 3 is 0.902 bits per heavy atom. The molecule has 37 heteroatoms. The minimum absolute atomic E-state index is 0.0732. The molecule has 1 unspecified atom stereocenters. The summed E-state index contributed by atoms with van der Waals surface area (Å²) in [5.74, 6) is 7.08. The number of rotatable bonds is 21. The smallest absolute Gasteiger partial charge is 0.410 e. The highest BCUT2D eigenvalue weighted by atomic mass is 16.6. The molecule has 718 valence electrons. The number of pyridine rings is 9. The molecular formula is C95H136N20O17. The van der Waals surface area contributed by atoms with Crippen molar-refractivity contribution >= 4 is 63.4 Å². The van der Waals surface area contributed by atoms with Crippen molar-refractivity contribution in [2.45, 2.75) is 217 Å². The fourth-order valence-electron chi connectivity index (χ4n) is 13.4. The number of hydrogen-bond acceptors (Lipinski definition) is 35. The third-order valence-corrected chi connectivity index (χ3v) is 20.5. The molecule has 0 spiro atoms. The highest BCUT2D eigenvalue weighted by Gasteiger charge is 2.30. The molecule has 8 fully saturated rings. The van der Waals surface area contributed by atoms with Gasteiger partial charge in [0.15, 0.2) is 0 Å². The number of nitrogens with one attached hydrogen (secondary N) is 1. The molecule has 2 amide bonds. The third-order valence-electron chi connectivity index (χ3n) is 20.5. The maximum atomic E-state index is 12.1. The van der Waals surface area contributed by atoms with Gasteiger partial charge in [-0.3, -0.25) is 44.9 Å². The summed E-state index contributed by atoms with van der Waals surface area (Å²) < 4.78 is 82.3. The Morgan fingerprint density at radius 2 is 0.606 bits per heavy atom. The summed E-state index contributed by atoms with van der Waals surface area (Å²) in [7, 11) is 0. The van der Waals surface area contributed by atoms with Gasteiger partial charge in [0.05, 0.1) is 192 Å². The van der Waals surface area contributed by atoms with Gasteiger partial charge >= 0.3 is 12.2 Å². The van der Waals surface area contributed by atoms with Crippen LogP contribution in [0.3, 0.4) is 0 Å². The summed E-state index contributed by atoms with van der Waals surface area (Å²) in [4.78, 5) is 60.2. The molecule has 0 aromatic carbocycles. The van der Waals surface area contributed by atoms with E-state index in [0.717, 1.165) is 139 Å². The van der Waals surface area contributed by atoms with Crippen molar-refractivity contribution in [2.24, 2.45) is 5.92 Å². The van der Waals surface area contributed by atoms with E-state index in [1.54, 1.807) is 173 Å². The lowest BCUT2D eigenvalue weighted by Crippen LogP contribution is -2.46. The third kappa shape index (κ3) is 40.2. The number of ether oxygens (including phenoxy) is 15. The molecule has 17 rings (SSSR count). The fourth-order valence-corrected chi connectivity index (χ4v) is 13.4. The molecule has 0 radical (unpaired) electrons. The summed E-state index contributed by atoms with van der Waals surface area (Å²) >= 11 is 0. The second-order valence-electron chi connectivity index (χ2n) is 34.1. The lowest BCUT2D eigenvalue weighted by Gasteiger charge is -2.34. The number of carbonyl (C=O) groups is 2. The second kappa shape index (κ2) is 56.0. The number of nitrogens with two attached hydrogens (primary N) is 9. The lowest BCUT2D eigenvalue weighted by molar-refractivity contribution is 0.00781. The standard InChI is InChI=1S/C15H23N3O3.C12H19N3O3.2C11H16N2O.C10H14N2O2.3C9H12N2O2.C9H12N2O/c1-15(2,3)21-14(19)18-8-4-5-11(10-18)20-13-6-7-17-9-12(13)16;1-12(2,3)18-11(16)15-6-7-17-10-4-5-14-8-9(10)13;2*12-10-8-13-7-6-11(10)14-9-4-2-1-3-5-9;11-9-7-12-4-1-10(9)14-8-2-5-13-6-3-8;3*10-8-5-11-3-1-9(8)13-7-2-4-12-6-7;10-8-5-11-4-3-9(8)12-6-7-1-2-7/h6-7,9,11H,4-5,8,10,16H2,1-3H3;4-5,8H,6-7,13H2,1-3H3,(H,15,16);2*6-9H,1-5,12H2;1,4,7-8H,2-3,5-6,11H2;3*1,3,5,7H,2,4,6,10H2;3-5,7H,1-2,6,10H2/t11-;;;;;2*7-;;/m1....10../s1. The van der Waals surface area contributed by atoms with E-state index in [-0.39, 0.29) is 36.6 Å². The van der Waals surface area contributed by atoms with Crippen molar-refractivity contribution in [1.29, 1.82) is 0 Å². The molecule has 4 atom stereocenters. The summed E-state index contributed by atoms with van der Waals surface area (Å²) in [6, 6.07) is 16.0. The number of alkyl carbamates (subject to hydrolysis) is 1. The van der Waals surface area contributed by atoms with Crippen molar-refractivity contribution in [2.75, 3.05) is 137 Å². The van der Waals surface area contributed by atoms with Crippen LogP contribution in [0.25, 0.3) is 0 Å². The Morgan fingerprint density at radius 1 is 0.333 bits per heavy atom. The van der Waals surface area contributed by atoms with Gasteiger partial charge in [-0.25, -0.2) is 9.59 Å². The van der Waals surface area contributed by atoms with Crippen LogP contribution in [-0.2, 0) is 28.4 Å². The molecule has 37 nitrogen and oxygen atoms in total. The van der Waals surface area contributed by atoms with Gasteiger partial charge in [-0.15, -0.1) is 0 Å². The van der Waals surface area contributed by atoms with E-state index in [0.29, 0.717) is 138 Å². The molecule has 9 aromatic heterocycles. The van der Waals surface area contributed by atoms with E-state index in [9.17, 15) is 9.59 Å². The van der Waals surface area contributed by atoms with Crippen LogP contribution in [0.1, 0.15) is 164 Å². The zero-order chi connectivity index (χ0) is 94.1. The molecule has 3 aliphatic carbocycles. The Bertz CT molecular complexity index is 4490. The van der Waals surface area contributed by atoms with E-state index in [4.69, 9.17) is 123 Å². The van der Waals surface area contributed by atoms with E-state index in [2.05, 4.69) is 50.2 Å². The number of amides is 2. The van der Waals surface area contributed by atoms with Crippen LogP contribution in [0, 0.1) is 5.92 Å². The topological polar surface area (TPSA) is 538 Å². The van der Waals surface area contributed by atoms with Gasteiger partial charge in [-0.2, -0.15) is 0 Å². The first-order valence-corrected chi connectivity index (χ1v) is 45.2. The van der Waals surface area contributed by atoms with Crippen molar-refractivity contribution in [3.05, 3.63) is 166 Å². The molecule has 8 aliphatic rings. The number of nitrogen functional groups attached to an aromatic ring is 9. The number of hydrogen-bond donors (Lipinski definition) is 10. The van der Waals surface area contributed by atoms with Crippen molar-refractivity contribution in [1.82, 2.24) is 55.1 Å². The predicted octanol–water partition coefficient (Wildman–Crippen LogP) is 13.9. The van der Waals surface area contributed by atoms with Gasteiger partial charge in [0.2, 0.25) is 0 Å². The molecule has 14 heterocycles. The summed E-state index contributed by atoms with van der Waals surface area (Å²) in [6.07, 6.45) is 51.3. The number of piperidine rings is 1. The minimum Gasteiger partial charge on any atom is -0.491 e. The molecule has 132 heavy (non-hydrogen) atoms. The van der Waals surface area contributed by atoms with Crippen molar-refractivity contribution < 1.29 is 80.6 Å². The minimum atomic E-state index is -0.500. The van der Waals surface area contributed by atoms with E-state index >= 15 is 0 Å². The first-order valence-electron chi connectivity index (χ1n) is 45.2. The largest absolute Gasteiger partial charge is 0.491 e. The van der Waals surface area contributed by atoms with Gasteiger partial charge in [0, 0.05) is 149 Å². The number of nitrogens with zero attached hydrogens (tertiary/aromatic N) is 10. The SMILES string of the molecule is CC(C)(C)OC(=O)N1CCC[C@@H](Oc2ccncc2N)C1.CC(C)(C)OC(=O)NCCOc1ccncc1N.Nc1cnccc1OC1CCCCC1.Nc1cnccc1OC1CCCCC1.Nc1cnccc1OC1CCOC1.Nc1cnccc1OC1CCOCC1.Nc1cnccc1OCC1CC1.Nc1cnccc1O[C@@H]1CCOC1.Nc1cnccc1O[C@H]1CCOC1. The highest BCUT2D eigenvalue weighted by molar-refractivity contribution is 5.68. The molecule has 3 saturated carbocycles. The van der Waals surface area contributed by atoms with Crippen molar-refractivity contribution in [3.8, 4) is 51.7 Å². The predicted molar refractivity (Wildman–Crippen MR) is 506 cm³/mol. The van der Waals surface area contributed by atoms with Crippen LogP contribution in [0.5, 0.6) is 51.7 Å². The first kappa shape index (κ1) is 103. The molecular weight excluding hydrogens is 1690 g/mol. The number of likely N-dealkylation sites (tertiary alicyclic amines) is 1. The van der Waals surface area contributed by atoms with E-state index in [1.165, 1.54) is 57.6 Å². The number of aromatic nitrogens is 9. The normalized spacial score (nSPS) is 18.1. The van der Waals surface area contributed by atoms with Crippen LogP contribution in [-0.4, -0.2) is 202 Å². The Balaban J connectivity index is 0.000000168. The average Bonchev–Trinajstić information content (AvgIpc) is 1.36. The number of anilines is 9. The summed E-state index contributed by atoms with van der Waals surface area (Å²) in [6.45, 7) is 19.5. The first-order chi connectivity index (χ1) is 63.8. The van der Waals surface area contributed by atoms with Crippen LogP contribution < -0.4 is 99.6 Å². The van der Waals surface area contributed by atoms with Crippen LogP contribution >= 0.6 is 0 Å². The molecule has 5 saturated heterocycles. The molecule has 9 aromatic rings. The molecule has 0 bridgehead atoms. The average molecular weight is 1830 g/mol. The lowest BCUT2D eigenvalue weighted by atomic mass is 9.98. The molecule has 19 N–H and O–H groups in total. The monoisotopic (exact) mass is 1830 g/mol. The van der Waals surface area contributed by atoms with Crippen LogP contribution in [0.15, 0.2) is 166 Å². The van der Waals surface area contributed by atoms with Gasteiger partial charge in [-0.1, -0.05) is 12.8 Å². The summed E-state index contributed by atoms with van der Waals surface area (Å²) in [5.41, 5.74) is 55.6. The van der Waals surface area contributed by atoms with Gasteiger partial charge in [-0.05, 0) is 125 Å². The van der Waals surface area contributed by atoms with Gasteiger partial charge in [0.25, 0.3) is 0 Å². The number of carbonyl (C=O) groups excluding carboxylic acids is 2. The Hall–Kier alpha value is -12.9. The zero-order valence-electron chi connectivity index (χ0n) is 76.9. The Labute approximate surface area is 774 Å². The Kier molecular flexibility index (Phi) is 43.6. The quantitative estimate of drug-likeness (QED) is 0.0299. The zero-order valence-corrected chi connectivity index (χ0v) is 76.9. The maximum absolute atomic E-state index is 12.1. The van der Waals surface area contributed by atoms with Gasteiger partial charge in [0.1, 0.15) is 100 Å². The molecule has 5 aliphatic heterocycles. The maximum Gasteiger partial charge on any atom is 0.410 e. The van der Waals surface area contributed by atoms with E-state index in [1.807, 2.05) is 32.9 Å². The van der Waals surface area contributed by atoms with E-state index < -0.39 is 17.3 Å². The summed E-state index contributed by atoms with van der Waals surface area (Å²) in [5, 5.41) is 2.59. The van der Waals surface area contributed by atoms with Gasteiger partial charge < -0.3 is 133 Å². The van der Waals surface area contributed by atoms with Crippen LogP contribution in [0.2, 0.25) is 0 Å². The van der Waals surface area contributed by atoms with Crippen LogP contribution in [0.4, 0.5) is 60.8 Å².